The van der Waals surface area contributed by atoms with Crippen molar-refractivity contribution in [2.24, 2.45) is 0 Å². The SMILES string of the molecule is CCC(NC(C)CO)C(=O)O. The summed E-state index contributed by atoms with van der Waals surface area (Å²) in [5.41, 5.74) is 0. The van der Waals surface area contributed by atoms with Crippen LogP contribution in [-0.4, -0.2) is 34.9 Å². The monoisotopic (exact) mass is 161 g/mol. The molecule has 2 unspecified atom stereocenters. The Labute approximate surface area is 66.2 Å². The Morgan fingerprint density at radius 1 is 1.64 bits per heavy atom. The van der Waals surface area contributed by atoms with Gasteiger partial charge in [0.2, 0.25) is 0 Å². The molecule has 66 valence electrons. The maximum Gasteiger partial charge on any atom is 0.320 e. The molecular weight excluding hydrogens is 146 g/mol. The molecule has 0 aliphatic rings. The fourth-order valence-corrected chi connectivity index (χ4v) is 0.760. The van der Waals surface area contributed by atoms with Gasteiger partial charge in [-0.05, 0) is 13.3 Å². The summed E-state index contributed by atoms with van der Waals surface area (Å²) in [6.07, 6.45) is 0.527. The van der Waals surface area contributed by atoms with Gasteiger partial charge in [-0.15, -0.1) is 0 Å². The maximum absolute atomic E-state index is 10.4. The Kier molecular flexibility index (Phi) is 4.81. The van der Waals surface area contributed by atoms with Crippen LogP contribution in [0.2, 0.25) is 0 Å². The minimum atomic E-state index is -0.868. The summed E-state index contributed by atoms with van der Waals surface area (Å²) < 4.78 is 0. The van der Waals surface area contributed by atoms with E-state index in [1.54, 1.807) is 13.8 Å². The zero-order valence-electron chi connectivity index (χ0n) is 6.87. The largest absolute Gasteiger partial charge is 0.480 e. The number of aliphatic carboxylic acids is 1. The molecule has 0 rings (SSSR count). The van der Waals surface area contributed by atoms with Gasteiger partial charge in [0, 0.05) is 6.04 Å². The summed E-state index contributed by atoms with van der Waals surface area (Å²) >= 11 is 0. The lowest BCUT2D eigenvalue weighted by atomic mass is 10.2. The Balaban J connectivity index is 3.77. The molecule has 2 atom stereocenters. The summed E-state index contributed by atoms with van der Waals surface area (Å²) in [4.78, 5) is 10.4. The van der Waals surface area contributed by atoms with E-state index in [-0.39, 0.29) is 12.6 Å². The van der Waals surface area contributed by atoms with Crippen molar-refractivity contribution in [1.29, 1.82) is 0 Å². The molecule has 0 saturated carbocycles. The number of nitrogens with one attached hydrogen (secondary N) is 1. The topological polar surface area (TPSA) is 69.6 Å². The quantitative estimate of drug-likeness (QED) is 0.523. The summed E-state index contributed by atoms with van der Waals surface area (Å²) in [6.45, 7) is 3.49. The average Bonchev–Trinajstić information content (AvgIpc) is 1.99. The van der Waals surface area contributed by atoms with Crippen LogP contribution in [-0.2, 0) is 4.79 Å². The first kappa shape index (κ1) is 10.4. The second-order valence-corrected chi connectivity index (χ2v) is 2.55. The van der Waals surface area contributed by atoms with E-state index in [9.17, 15) is 4.79 Å². The lowest BCUT2D eigenvalue weighted by molar-refractivity contribution is -0.139. The lowest BCUT2D eigenvalue weighted by Crippen LogP contribution is -2.43. The van der Waals surface area contributed by atoms with Gasteiger partial charge in [0.1, 0.15) is 6.04 Å². The van der Waals surface area contributed by atoms with Gasteiger partial charge >= 0.3 is 5.97 Å². The second-order valence-electron chi connectivity index (χ2n) is 2.55. The Hall–Kier alpha value is -0.610. The van der Waals surface area contributed by atoms with Crippen LogP contribution in [0.1, 0.15) is 20.3 Å². The molecule has 4 heteroatoms. The van der Waals surface area contributed by atoms with E-state index >= 15 is 0 Å². The Bertz CT molecular complexity index is 127. The van der Waals surface area contributed by atoms with Gasteiger partial charge in [-0.2, -0.15) is 0 Å². The fraction of sp³-hybridized carbons (Fsp3) is 0.857. The normalized spacial score (nSPS) is 15.9. The summed E-state index contributed by atoms with van der Waals surface area (Å²) in [6, 6.07) is -0.701. The van der Waals surface area contributed by atoms with Crippen LogP contribution in [0.25, 0.3) is 0 Å². The minimum Gasteiger partial charge on any atom is -0.480 e. The predicted molar refractivity (Wildman–Crippen MR) is 41.4 cm³/mol. The zero-order valence-corrected chi connectivity index (χ0v) is 6.87. The third-order valence-electron chi connectivity index (χ3n) is 1.47. The fourth-order valence-electron chi connectivity index (χ4n) is 0.760. The van der Waals surface area contributed by atoms with Crippen molar-refractivity contribution in [2.75, 3.05) is 6.61 Å². The molecule has 0 bridgehead atoms. The molecule has 0 aliphatic heterocycles. The highest BCUT2D eigenvalue weighted by molar-refractivity contribution is 5.73. The Morgan fingerprint density at radius 3 is 2.45 bits per heavy atom. The Morgan fingerprint density at radius 2 is 2.18 bits per heavy atom. The third-order valence-corrected chi connectivity index (χ3v) is 1.47. The molecule has 0 aliphatic carbocycles. The molecule has 4 nitrogen and oxygen atoms in total. The van der Waals surface area contributed by atoms with Gasteiger partial charge in [0.25, 0.3) is 0 Å². The van der Waals surface area contributed by atoms with Gasteiger partial charge < -0.3 is 10.2 Å². The summed E-state index contributed by atoms with van der Waals surface area (Å²) in [5.74, 6) is -0.868. The number of aliphatic hydroxyl groups excluding tert-OH is 1. The van der Waals surface area contributed by atoms with Gasteiger partial charge in [-0.1, -0.05) is 6.92 Å². The number of carbonyl (C=O) groups is 1. The van der Waals surface area contributed by atoms with E-state index in [1.165, 1.54) is 0 Å². The van der Waals surface area contributed by atoms with E-state index < -0.39 is 12.0 Å². The van der Waals surface area contributed by atoms with E-state index in [0.29, 0.717) is 6.42 Å². The highest BCUT2D eigenvalue weighted by Gasteiger charge is 2.15. The second kappa shape index (κ2) is 5.09. The maximum atomic E-state index is 10.4. The van der Waals surface area contributed by atoms with Crippen LogP contribution in [0.3, 0.4) is 0 Å². The molecule has 0 aromatic carbocycles. The number of carboxylic acid groups (broad SMARTS) is 1. The lowest BCUT2D eigenvalue weighted by Gasteiger charge is -2.16. The van der Waals surface area contributed by atoms with Crippen molar-refractivity contribution >= 4 is 5.97 Å². The number of hydrogen-bond acceptors (Lipinski definition) is 3. The van der Waals surface area contributed by atoms with Gasteiger partial charge in [-0.25, -0.2) is 0 Å². The summed E-state index contributed by atoms with van der Waals surface area (Å²) in [5, 5.41) is 19.9. The van der Waals surface area contributed by atoms with E-state index in [4.69, 9.17) is 10.2 Å². The van der Waals surface area contributed by atoms with Gasteiger partial charge in [0.05, 0.1) is 6.61 Å². The molecule has 0 saturated heterocycles. The average molecular weight is 161 g/mol. The molecule has 0 aromatic heterocycles. The predicted octanol–water partition coefficient (Wildman–Crippen LogP) is -0.180. The van der Waals surface area contributed by atoms with E-state index in [1.807, 2.05) is 0 Å². The molecule has 11 heavy (non-hydrogen) atoms. The van der Waals surface area contributed by atoms with Gasteiger partial charge in [-0.3, -0.25) is 10.1 Å². The first-order valence-electron chi connectivity index (χ1n) is 3.71. The van der Waals surface area contributed by atoms with Crippen molar-refractivity contribution in [3.05, 3.63) is 0 Å². The van der Waals surface area contributed by atoms with Gasteiger partial charge in [0.15, 0.2) is 0 Å². The van der Waals surface area contributed by atoms with Crippen LogP contribution in [0.5, 0.6) is 0 Å². The van der Waals surface area contributed by atoms with Crippen molar-refractivity contribution < 1.29 is 15.0 Å². The minimum absolute atomic E-state index is 0.0379. The van der Waals surface area contributed by atoms with Crippen molar-refractivity contribution in [3.63, 3.8) is 0 Å². The van der Waals surface area contributed by atoms with Crippen molar-refractivity contribution in [2.45, 2.75) is 32.4 Å². The van der Waals surface area contributed by atoms with Crippen LogP contribution >= 0.6 is 0 Å². The molecular formula is C7H15NO3. The number of rotatable bonds is 5. The number of carboxylic acids is 1. The first-order chi connectivity index (χ1) is 5.11. The van der Waals surface area contributed by atoms with E-state index in [0.717, 1.165) is 0 Å². The molecule has 0 aromatic rings. The molecule has 0 radical (unpaired) electrons. The highest BCUT2D eigenvalue weighted by Crippen LogP contribution is 1.92. The van der Waals surface area contributed by atoms with Crippen molar-refractivity contribution in [1.82, 2.24) is 5.32 Å². The molecule has 0 amide bonds. The first-order valence-corrected chi connectivity index (χ1v) is 3.71. The summed E-state index contributed by atoms with van der Waals surface area (Å²) in [7, 11) is 0. The smallest absolute Gasteiger partial charge is 0.320 e. The van der Waals surface area contributed by atoms with Crippen molar-refractivity contribution in [3.8, 4) is 0 Å². The standard InChI is InChI=1S/C7H15NO3/c1-3-6(7(10)11)8-5(2)4-9/h5-6,8-9H,3-4H2,1-2H3,(H,10,11). The molecule has 0 fully saturated rings. The van der Waals surface area contributed by atoms with Crippen LogP contribution in [0.15, 0.2) is 0 Å². The third kappa shape index (κ3) is 3.95. The molecule has 0 spiro atoms. The van der Waals surface area contributed by atoms with E-state index in [2.05, 4.69) is 5.32 Å². The highest BCUT2D eigenvalue weighted by atomic mass is 16.4. The van der Waals surface area contributed by atoms with Crippen LogP contribution in [0.4, 0.5) is 0 Å². The zero-order chi connectivity index (χ0) is 8.85. The number of hydrogen-bond donors (Lipinski definition) is 3. The van der Waals surface area contributed by atoms with Crippen LogP contribution in [0, 0.1) is 0 Å². The molecule has 0 heterocycles. The van der Waals surface area contributed by atoms with Crippen LogP contribution < -0.4 is 5.32 Å². The number of aliphatic hydroxyl groups is 1. The molecule has 3 N–H and O–H groups in total.